The molecule has 19 heavy (non-hydrogen) atoms. The lowest BCUT2D eigenvalue weighted by atomic mass is 10.0. The standard InChI is InChI=1S/C14H18N2O3/c1-10(11(2)13(15)17)8-16-14(18)19-9-12-6-4-3-5-7-12/h3-7,10H,2,8-9H2,1H3,(H2,15,17)(H,16,18). The lowest BCUT2D eigenvalue weighted by Crippen LogP contribution is -2.31. The third-order valence-electron chi connectivity index (χ3n) is 2.68. The van der Waals surface area contributed by atoms with Gasteiger partial charge in [0.25, 0.3) is 0 Å². The Morgan fingerprint density at radius 3 is 2.58 bits per heavy atom. The maximum absolute atomic E-state index is 11.4. The Morgan fingerprint density at radius 1 is 1.37 bits per heavy atom. The van der Waals surface area contributed by atoms with Crippen LogP contribution in [0.15, 0.2) is 42.5 Å². The second-order valence-corrected chi connectivity index (χ2v) is 4.23. The van der Waals surface area contributed by atoms with Crippen molar-refractivity contribution in [3.63, 3.8) is 0 Å². The first kappa shape index (κ1) is 14.8. The molecule has 0 bridgehead atoms. The number of carbonyl (C=O) groups excluding carboxylic acids is 2. The first-order chi connectivity index (χ1) is 9.00. The van der Waals surface area contributed by atoms with Gasteiger partial charge in [0.1, 0.15) is 6.61 Å². The second kappa shape index (κ2) is 7.20. The molecule has 0 aliphatic carbocycles. The summed E-state index contributed by atoms with van der Waals surface area (Å²) in [5.41, 5.74) is 6.29. The van der Waals surface area contributed by atoms with Crippen LogP contribution in [0.4, 0.5) is 4.79 Å². The van der Waals surface area contributed by atoms with Gasteiger partial charge in [-0.15, -0.1) is 0 Å². The Hall–Kier alpha value is -2.30. The van der Waals surface area contributed by atoms with E-state index in [0.717, 1.165) is 5.56 Å². The number of nitrogens with two attached hydrogens (primary N) is 1. The van der Waals surface area contributed by atoms with Gasteiger partial charge in [-0.3, -0.25) is 4.79 Å². The highest BCUT2D eigenvalue weighted by Crippen LogP contribution is 2.06. The maximum atomic E-state index is 11.4. The van der Waals surface area contributed by atoms with Gasteiger partial charge in [-0.2, -0.15) is 0 Å². The normalized spacial score (nSPS) is 11.4. The molecular formula is C14H18N2O3. The van der Waals surface area contributed by atoms with Crippen LogP contribution in [0, 0.1) is 5.92 Å². The van der Waals surface area contributed by atoms with E-state index < -0.39 is 12.0 Å². The fraction of sp³-hybridized carbons (Fsp3) is 0.286. The van der Waals surface area contributed by atoms with E-state index in [9.17, 15) is 9.59 Å². The molecule has 1 atom stereocenters. The molecule has 2 amide bonds. The van der Waals surface area contributed by atoms with Crippen LogP contribution in [-0.2, 0) is 16.1 Å². The number of primary amides is 1. The Balaban J connectivity index is 2.29. The molecule has 0 fully saturated rings. The fourth-order valence-electron chi connectivity index (χ4n) is 1.38. The van der Waals surface area contributed by atoms with E-state index in [1.54, 1.807) is 6.92 Å². The van der Waals surface area contributed by atoms with Crippen LogP contribution in [0.5, 0.6) is 0 Å². The van der Waals surface area contributed by atoms with Gasteiger partial charge >= 0.3 is 6.09 Å². The number of alkyl carbamates (subject to hydrolysis) is 1. The van der Waals surface area contributed by atoms with Gasteiger partial charge in [-0.25, -0.2) is 4.79 Å². The third-order valence-corrected chi connectivity index (χ3v) is 2.68. The summed E-state index contributed by atoms with van der Waals surface area (Å²) in [6.07, 6.45) is -0.534. The summed E-state index contributed by atoms with van der Waals surface area (Å²) < 4.78 is 5.02. The van der Waals surface area contributed by atoms with E-state index in [1.165, 1.54) is 0 Å². The van der Waals surface area contributed by atoms with Crippen LogP contribution in [0.1, 0.15) is 12.5 Å². The molecule has 1 aromatic rings. The van der Waals surface area contributed by atoms with E-state index in [0.29, 0.717) is 0 Å². The molecule has 0 aromatic heterocycles. The molecule has 0 aliphatic rings. The quantitative estimate of drug-likeness (QED) is 0.764. The van der Waals surface area contributed by atoms with E-state index in [1.807, 2.05) is 30.3 Å². The summed E-state index contributed by atoms with van der Waals surface area (Å²) >= 11 is 0. The van der Waals surface area contributed by atoms with Gasteiger partial charge in [0.2, 0.25) is 5.91 Å². The molecule has 0 aliphatic heterocycles. The van der Waals surface area contributed by atoms with Crippen LogP contribution in [-0.4, -0.2) is 18.5 Å². The molecule has 5 nitrogen and oxygen atoms in total. The molecule has 0 spiro atoms. The molecule has 0 saturated carbocycles. The number of nitrogens with one attached hydrogen (secondary N) is 1. The summed E-state index contributed by atoms with van der Waals surface area (Å²) in [6.45, 7) is 5.78. The number of amides is 2. The fourth-order valence-corrected chi connectivity index (χ4v) is 1.38. The molecule has 0 heterocycles. The molecule has 5 heteroatoms. The van der Waals surface area contributed by atoms with E-state index in [4.69, 9.17) is 10.5 Å². The number of hydrogen-bond donors (Lipinski definition) is 2. The van der Waals surface area contributed by atoms with E-state index in [2.05, 4.69) is 11.9 Å². The Labute approximate surface area is 112 Å². The molecular weight excluding hydrogens is 244 g/mol. The van der Waals surface area contributed by atoms with Gasteiger partial charge in [0, 0.05) is 18.0 Å². The maximum Gasteiger partial charge on any atom is 0.407 e. The average Bonchev–Trinajstić information content (AvgIpc) is 2.42. The van der Waals surface area contributed by atoms with Crippen LogP contribution < -0.4 is 11.1 Å². The summed E-state index contributed by atoms with van der Waals surface area (Å²) in [6, 6.07) is 9.36. The molecule has 0 saturated heterocycles. The van der Waals surface area contributed by atoms with Gasteiger partial charge in [0.15, 0.2) is 0 Å². The van der Waals surface area contributed by atoms with Gasteiger partial charge < -0.3 is 15.8 Å². The Morgan fingerprint density at radius 2 is 2.00 bits per heavy atom. The topological polar surface area (TPSA) is 81.4 Å². The zero-order chi connectivity index (χ0) is 14.3. The highest BCUT2D eigenvalue weighted by molar-refractivity contribution is 5.91. The first-order valence-corrected chi connectivity index (χ1v) is 5.94. The number of ether oxygens (including phenoxy) is 1. The SMILES string of the molecule is C=C(C(N)=O)C(C)CNC(=O)OCc1ccccc1. The van der Waals surface area contributed by atoms with Gasteiger partial charge in [-0.05, 0) is 5.56 Å². The van der Waals surface area contributed by atoms with E-state index in [-0.39, 0.29) is 24.6 Å². The molecule has 1 unspecified atom stereocenters. The van der Waals surface area contributed by atoms with E-state index >= 15 is 0 Å². The summed E-state index contributed by atoms with van der Waals surface area (Å²) in [5.74, 6) is -0.784. The predicted molar refractivity (Wildman–Crippen MR) is 72.1 cm³/mol. The zero-order valence-electron chi connectivity index (χ0n) is 10.9. The van der Waals surface area contributed by atoms with Crippen molar-refractivity contribution in [3.05, 3.63) is 48.0 Å². The Bertz CT molecular complexity index is 457. The van der Waals surface area contributed by atoms with Crippen LogP contribution in [0.3, 0.4) is 0 Å². The van der Waals surface area contributed by atoms with Crippen molar-refractivity contribution in [2.45, 2.75) is 13.5 Å². The third kappa shape index (κ3) is 5.25. The zero-order valence-corrected chi connectivity index (χ0v) is 10.9. The number of carbonyl (C=O) groups is 2. The monoisotopic (exact) mass is 262 g/mol. The van der Waals surface area contributed by atoms with Crippen molar-refractivity contribution in [3.8, 4) is 0 Å². The minimum Gasteiger partial charge on any atom is -0.445 e. The molecule has 0 radical (unpaired) electrons. The van der Waals surface area contributed by atoms with Crippen LogP contribution >= 0.6 is 0 Å². The lowest BCUT2D eigenvalue weighted by Gasteiger charge is -2.13. The minimum atomic E-state index is -0.563. The second-order valence-electron chi connectivity index (χ2n) is 4.23. The smallest absolute Gasteiger partial charge is 0.407 e. The van der Waals surface area contributed by atoms with Crippen molar-refractivity contribution in [1.29, 1.82) is 0 Å². The molecule has 1 rings (SSSR count). The average molecular weight is 262 g/mol. The van der Waals surface area contributed by atoms with Gasteiger partial charge in [-0.1, -0.05) is 43.8 Å². The number of hydrogen-bond acceptors (Lipinski definition) is 3. The Kier molecular flexibility index (Phi) is 5.60. The number of rotatable bonds is 6. The summed E-state index contributed by atoms with van der Waals surface area (Å²) in [5, 5.41) is 2.56. The van der Waals surface area contributed by atoms with Crippen molar-refractivity contribution in [2.75, 3.05) is 6.54 Å². The molecule has 102 valence electrons. The summed E-state index contributed by atoms with van der Waals surface area (Å²) in [7, 11) is 0. The highest BCUT2D eigenvalue weighted by atomic mass is 16.5. The molecule has 3 N–H and O–H groups in total. The van der Waals surface area contributed by atoms with Crippen LogP contribution in [0.25, 0.3) is 0 Å². The lowest BCUT2D eigenvalue weighted by molar-refractivity contribution is -0.115. The number of benzene rings is 1. The summed E-state index contributed by atoms with van der Waals surface area (Å²) in [4.78, 5) is 22.3. The first-order valence-electron chi connectivity index (χ1n) is 5.94. The van der Waals surface area contributed by atoms with Crippen molar-refractivity contribution in [2.24, 2.45) is 11.7 Å². The minimum absolute atomic E-state index is 0.206. The van der Waals surface area contributed by atoms with Crippen molar-refractivity contribution < 1.29 is 14.3 Å². The van der Waals surface area contributed by atoms with Gasteiger partial charge in [0.05, 0.1) is 0 Å². The molecule has 1 aromatic carbocycles. The van der Waals surface area contributed by atoms with Crippen LogP contribution in [0.2, 0.25) is 0 Å². The highest BCUT2D eigenvalue weighted by Gasteiger charge is 2.13. The predicted octanol–water partition coefficient (Wildman–Crippen LogP) is 1.59. The van der Waals surface area contributed by atoms with Crippen molar-refractivity contribution >= 4 is 12.0 Å². The van der Waals surface area contributed by atoms with Crippen molar-refractivity contribution in [1.82, 2.24) is 5.32 Å². The largest absolute Gasteiger partial charge is 0.445 e.